The summed E-state index contributed by atoms with van der Waals surface area (Å²) in [7, 11) is 0. The van der Waals surface area contributed by atoms with Crippen molar-refractivity contribution in [2.75, 3.05) is 19.6 Å². The number of rotatable bonds is 9. The summed E-state index contributed by atoms with van der Waals surface area (Å²) in [4.78, 5) is 2.39. The average molecular weight is 328 g/mol. The lowest BCUT2D eigenvalue weighted by molar-refractivity contribution is 0.111. The molecule has 0 aliphatic carbocycles. The SMILES string of the molecule is CCCCN(CCCC)C[C@H](O)c1cccc(Br)c1. The average Bonchev–Trinajstić information content (AvgIpc) is 2.41. The number of unbranched alkanes of at least 4 members (excludes halogenated alkanes) is 2. The summed E-state index contributed by atoms with van der Waals surface area (Å²) in [5, 5.41) is 10.4. The van der Waals surface area contributed by atoms with E-state index in [1.54, 1.807) is 0 Å². The van der Waals surface area contributed by atoms with Gasteiger partial charge in [-0.15, -0.1) is 0 Å². The number of hydrogen-bond acceptors (Lipinski definition) is 2. The number of halogens is 1. The molecule has 19 heavy (non-hydrogen) atoms. The molecule has 0 amide bonds. The Morgan fingerprint density at radius 3 is 2.32 bits per heavy atom. The second-order valence-corrected chi connectivity index (χ2v) is 5.99. The molecule has 0 bridgehead atoms. The van der Waals surface area contributed by atoms with Crippen LogP contribution in [0.4, 0.5) is 0 Å². The van der Waals surface area contributed by atoms with Crippen molar-refractivity contribution >= 4 is 15.9 Å². The Hall–Kier alpha value is -0.380. The molecule has 0 aliphatic rings. The topological polar surface area (TPSA) is 23.5 Å². The zero-order valence-electron chi connectivity index (χ0n) is 12.1. The normalized spacial score (nSPS) is 12.9. The molecule has 1 rings (SSSR count). The lowest BCUT2D eigenvalue weighted by Gasteiger charge is -2.25. The molecule has 1 aromatic carbocycles. The van der Waals surface area contributed by atoms with E-state index in [1.807, 2.05) is 24.3 Å². The predicted molar refractivity (Wildman–Crippen MR) is 85.4 cm³/mol. The van der Waals surface area contributed by atoms with Gasteiger partial charge in [0.1, 0.15) is 0 Å². The van der Waals surface area contributed by atoms with Crippen LogP contribution in [0.25, 0.3) is 0 Å². The van der Waals surface area contributed by atoms with Crippen molar-refractivity contribution < 1.29 is 5.11 Å². The van der Waals surface area contributed by atoms with Gasteiger partial charge >= 0.3 is 0 Å². The third-order valence-electron chi connectivity index (χ3n) is 3.32. The van der Waals surface area contributed by atoms with E-state index in [4.69, 9.17) is 0 Å². The van der Waals surface area contributed by atoms with E-state index in [-0.39, 0.29) is 0 Å². The fourth-order valence-electron chi connectivity index (χ4n) is 2.12. The minimum Gasteiger partial charge on any atom is -0.387 e. The number of aliphatic hydroxyl groups excluding tert-OH is 1. The molecule has 1 aromatic rings. The molecule has 0 aliphatic heterocycles. The van der Waals surface area contributed by atoms with Crippen molar-refractivity contribution in [3.63, 3.8) is 0 Å². The second-order valence-electron chi connectivity index (χ2n) is 5.08. The Balaban J connectivity index is 2.56. The monoisotopic (exact) mass is 327 g/mol. The van der Waals surface area contributed by atoms with Gasteiger partial charge in [0.25, 0.3) is 0 Å². The second kappa shape index (κ2) is 9.51. The van der Waals surface area contributed by atoms with Gasteiger partial charge in [-0.3, -0.25) is 0 Å². The molecular weight excluding hydrogens is 302 g/mol. The summed E-state index contributed by atoms with van der Waals surface area (Å²) in [6.45, 7) is 7.32. The number of benzene rings is 1. The lowest BCUT2D eigenvalue weighted by atomic mass is 10.1. The summed E-state index contributed by atoms with van der Waals surface area (Å²) in [5.74, 6) is 0. The van der Waals surface area contributed by atoms with Crippen LogP contribution in [0.5, 0.6) is 0 Å². The van der Waals surface area contributed by atoms with Crippen molar-refractivity contribution in [1.82, 2.24) is 4.90 Å². The third kappa shape index (κ3) is 6.55. The molecule has 0 fully saturated rings. The van der Waals surface area contributed by atoms with Crippen LogP contribution in [0.2, 0.25) is 0 Å². The molecule has 0 saturated heterocycles. The first-order chi connectivity index (χ1) is 9.17. The highest BCUT2D eigenvalue weighted by Crippen LogP contribution is 2.19. The van der Waals surface area contributed by atoms with Crippen LogP contribution >= 0.6 is 15.9 Å². The maximum atomic E-state index is 10.4. The number of hydrogen-bond donors (Lipinski definition) is 1. The first-order valence-electron chi connectivity index (χ1n) is 7.33. The van der Waals surface area contributed by atoms with Crippen LogP contribution in [-0.4, -0.2) is 29.6 Å². The zero-order valence-corrected chi connectivity index (χ0v) is 13.7. The van der Waals surface area contributed by atoms with Crippen LogP contribution in [0, 0.1) is 0 Å². The van der Waals surface area contributed by atoms with Gasteiger partial charge < -0.3 is 10.0 Å². The smallest absolute Gasteiger partial charge is 0.0917 e. The van der Waals surface area contributed by atoms with Gasteiger partial charge in [-0.25, -0.2) is 0 Å². The Morgan fingerprint density at radius 1 is 1.16 bits per heavy atom. The molecule has 0 spiro atoms. The Labute approximate surface area is 126 Å². The molecule has 108 valence electrons. The van der Waals surface area contributed by atoms with Crippen molar-refractivity contribution in [3.05, 3.63) is 34.3 Å². The highest BCUT2D eigenvalue weighted by molar-refractivity contribution is 9.10. The molecule has 0 aromatic heterocycles. The first kappa shape index (κ1) is 16.7. The Morgan fingerprint density at radius 2 is 1.79 bits per heavy atom. The molecule has 1 atom stereocenters. The van der Waals surface area contributed by atoms with E-state index in [2.05, 4.69) is 34.7 Å². The molecule has 3 heteroatoms. The van der Waals surface area contributed by atoms with E-state index >= 15 is 0 Å². The minimum atomic E-state index is -0.397. The fourth-order valence-corrected chi connectivity index (χ4v) is 2.54. The van der Waals surface area contributed by atoms with Gasteiger partial charge in [-0.2, -0.15) is 0 Å². The van der Waals surface area contributed by atoms with E-state index in [0.29, 0.717) is 0 Å². The largest absolute Gasteiger partial charge is 0.387 e. The van der Waals surface area contributed by atoms with Crippen molar-refractivity contribution in [2.24, 2.45) is 0 Å². The predicted octanol–water partition coefficient (Wildman–Crippen LogP) is 4.38. The van der Waals surface area contributed by atoms with Crippen LogP contribution in [0.1, 0.15) is 51.2 Å². The van der Waals surface area contributed by atoms with E-state index in [1.165, 1.54) is 25.7 Å². The van der Waals surface area contributed by atoms with Crippen LogP contribution in [-0.2, 0) is 0 Å². The standard InChI is InChI=1S/C16H26BrNO/c1-3-5-10-18(11-6-4-2)13-16(19)14-8-7-9-15(17)12-14/h7-9,12,16,19H,3-6,10-11,13H2,1-2H3/t16-/m0/s1. The maximum absolute atomic E-state index is 10.4. The molecular formula is C16H26BrNO. The van der Waals surface area contributed by atoms with Gasteiger partial charge in [-0.05, 0) is 43.6 Å². The van der Waals surface area contributed by atoms with Gasteiger partial charge in [0, 0.05) is 11.0 Å². The molecule has 0 saturated carbocycles. The summed E-state index contributed by atoms with van der Waals surface area (Å²) in [5.41, 5.74) is 0.993. The van der Waals surface area contributed by atoms with E-state index in [9.17, 15) is 5.11 Å². The van der Waals surface area contributed by atoms with Crippen molar-refractivity contribution in [3.8, 4) is 0 Å². The highest BCUT2D eigenvalue weighted by atomic mass is 79.9. The van der Waals surface area contributed by atoms with Crippen molar-refractivity contribution in [2.45, 2.75) is 45.6 Å². The zero-order chi connectivity index (χ0) is 14.1. The minimum absolute atomic E-state index is 0.397. The van der Waals surface area contributed by atoms with Gasteiger partial charge in [-0.1, -0.05) is 54.8 Å². The quantitative estimate of drug-likeness (QED) is 0.727. The maximum Gasteiger partial charge on any atom is 0.0917 e. The Bertz CT molecular complexity index is 348. The van der Waals surface area contributed by atoms with Gasteiger partial charge in [0.2, 0.25) is 0 Å². The first-order valence-corrected chi connectivity index (χ1v) is 8.12. The number of nitrogens with zero attached hydrogens (tertiary/aromatic N) is 1. The van der Waals surface area contributed by atoms with Crippen LogP contribution < -0.4 is 0 Å². The van der Waals surface area contributed by atoms with E-state index < -0.39 is 6.10 Å². The Kier molecular flexibility index (Phi) is 8.35. The lowest BCUT2D eigenvalue weighted by Crippen LogP contribution is -2.30. The third-order valence-corrected chi connectivity index (χ3v) is 3.81. The highest BCUT2D eigenvalue weighted by Gasteiger charge is 2.13. The number of aliphatic hydroxyl groups is 1. The summed E-state index contributed by atoms with van der Waals surface area (Å²) in [6, 6.07) is 7.96. The van der Waals surface area contributed by atoms with Crippen molar-refractivity contribution in [1.29, 1.82) is 0 Å². The van der Waals surface area contributed by atoms with Crippen LogP contribution in [0.3, 0.4) is 0 Å². The molecule has 0 heterocycles. The van der Waals surface area contributed by atoms with Crippen LogP contribution in [0.15, 0.2) is 28.7 Å². The van der Waals surface area contributed by atoms with Gasteiger partial charge in [0.05, 0.1) is 6.10 Å². The summed E-state index contributed by atoms with van der Waals surface area (Å²) < 4.78 is 1.03. The van der Waals surface area contributed by atoms with Gasteiger partial charge in [0.15, 0.2) is 0 Å². The molecule has 2 nitrogen and oxygen atoms in total. The molecule has 1 N–H and O–H groups in total. The summed E-state index contributed by atoms with van der Waals surface area (Å²) >= 11 is 3.46. The molecule has 0 unspecified atom stereocenters. The molecule has 0 radical (unpaired) electrons. The fraction of sp³-hybridized carbons (Fsp3) is 0.625. The van der Waals surface area contributed by atoms with E-state index in [0.717, 1.165) is 29.7 Å². The summed E-state index contributed by atoms with van der Waals surface area (Å²) in [6.07, 6.45) is 4.42.